The second kappa shape index (κ2) is 18.7. The number of hydrogen-bond acceptors (Lipinski definition) is 11. The topological polar surface area (TPSA) is 220 Å². The van der Waals surface area contributed by atoms with Gasteiger partial charge in [0.05, 0.1) is 14.2 Å². The third-order valence-corrected chi connectivity index (χ3v) is 9.47. The fourth-order valence-corrected chi connectivity index (χ4v) is 7.08. The normalized spacial score (nSPS) is 14.9. The average Bonchev–Trinajstić information content (AvgIpc) is 3.87. The van der Waals surface area contributed by atoms with Crippen LogP contribution >= 0.6 is 0 Å². The van der Waals surface area contributed by atoms with E-state index in [-0.39, 0.29) is 23.1 Å². The summed E-state index contributed by atoms with van der Waals surface area (Å²) < 4.78 is 9.30. The lowest BCUT2D eigenvalue weighted by Gasteiger charge is -2.05. The Kier molecular flexibility index (Phi) is 13.8. The molecule has 0 spiro atoms. The highest BCUT2D eigenvalue weighted by Gasteiger charge is 2.36. The number of amidine groups is 2. The van der Waals surface area contributed by atoms with Crippen LogP contribution in [0, 0.1) is 0 Å². The Morgan fingerprint density at radius 2 is 0.768 bits per heavy atom. The molecule has 8 bridgehead atoms. The van der Waals surface area contributed by atoms with E-state index in [1.54, 1.807) is 0 Å². The van der Waals surface area contributed by atoms with Crippen LogP contribution in [-0.4, -0.2) is 76.0 Å². The van der Waals surface area contributed by atoms with Gasteiger partial charge in [-0.1, -0.05) is 80.1 Å². The highest BCUT2D eigenvalue weighted by molar-refractivity contribution is 6.90. The molecule has 298 valence electrons. The predicted molar refractivity (Wildman–Crippen MR) is 214 cm³/mol. The van der Waals surface area contributed by atoms with Crippen LogP contribution < -0.4 is 16.3 Å². The molecule has 56 heavy (non-hydrogen) atoms. The van der Waals surface area contributed by atoms with Crippen LogP contribution in [0.3, 0.4) is 0 Å². The number of H-pyrrole nitrogens is 3. The monoisotopic (exact) mass is 768 g/mol. The number of methoxy groups -OCH3 is 2. The molecule has 5 heterocycles. The molecule has 16 nitrogen and oxygen atoms in total. The van der Waals surface area contributed by atoms with Gasteiger partial charge in [-0.3, -0.25) is 9.59 Å². The lowest BCUT2D eigenvalue weighted by atomic mass is 10.0. The van der Waals surface area contributed by atoms with Gasteiger partial charge in [0, 0.05) is 33.4 Å². The Morgan fingerprint density at radius 3 is 1.07 bits per heavy atom. The second-order valence-corrected chi connectivity index (χ2v) is 13.6. The van der Waals surface area contributed by atoms with Crippen molar-refractivity contribution in [2.24, 2.45) is 30.0 Å². The Morgan fingerprint density at radius 1 is 0.464 bits per heavy atom. The van der Waals surface area contributed by atoms with Crippen molar-refractivity contribution in [1.82, 2.24) is 20.3 Å². The zero-order valence-electron chi connectivity index (χ0n) is 33.6. The van der Waals surface area contributed by atoms with E-state index >= 15 is 0 Å². The smallest absolute Gasteiger partial charge is 0.398 e. The maximum Gasteiger partial charge on any atom is 0.398 e. The number of carbonyl (C=O) groups is 4. The minimum Gasteiger partial charge on any atom is -0.462 e. The first kappa shape index (κ1) is 41.4. The molecule has 1 saturated heterocycles. The molecule has 2 aliphatic rings. The Labute approximate surface area is 325 Å². The Hall–Kier alpha value is -5.80. The van der Waals surface area contributed by atoms with Gasteiger partial charge in [-0.25, -0.2) is 29.6 Å². The Bertz CT molecular complexity index is 2110. The third-order valence-electron chi connectivity index (χ3n) is 9.47. The number of amides is 2. The van der Waals surface area contributed by atoms with Crippen molar-refractivity contribution in [3.05, 3.63) is 44.4 Å². The summed E-state index contributed by atoms with van der Waals surface area (Å²) in [6.45, 7) is 12.6. The molecule has 0 atom stereocenters. The van der Waals surface area contributed by atoms with Crippen LogP contribution in [0.15, 0.2) is 30.0 Å². The lowest BCUT2D eigenvalue weighted by molar-refractivity contribution is -0.151. The zero-order chi connectivity index (χ0) is 40.5. The maximum absolute atomic E-state index is 13.1. The summed E-state index contributed by atoms with van der Waals surface area (Å²) in [4.78, 5) is 90.0. The number of hydrogen-bond donors (Lipinski definition) is 4. The van der Waals surface area contributed by atoms with Crippen LogP contribution in [0.5, 0.6) is 0 Å². The summed E-state index contributed by atoms with van der Waals surface area (Å²) in [7, 11) is 2.10. The molecule has 1 fully saturated rings. The van der Waals surface area contributed by atoms with Crippen molar-refractivity contribution in [3.8, 4) is 0 Å². The highest BCUT2D eigenvalue weighted by atomic mass is 16.5. The number of aromatic nitrogens is 3. The molecule has 16 heteroatoms. The molecule has 0 aliphatic carbocycles. The van der Waals surface area contributed by atoms with Crippen molar-refractivity contribution in [3.63, 3.8) is 0 Å². The lowest BCUT2D eigenvalue weighted by Crippen LogP contribution is -2.25. The fraction of sp³-hybridized carbons (Fsp3) is 0.500. The van der Waals surface area contributed by atoms with Gasteiger partial charge in [0.15, 0.2) is 11.7 Å². The van der Waals surface area contributed by atoms with Crippen LogP contribution in [-0.2, 0) is 67.2 Å². The maximum atomic E-state index is 13.1. The van der Waals surface area contributed by atoms with Crippen molar-refractivity contribution >= 4 is 70.1 Å². The number of esters is 2. The van der Waals surface area contributed by atoms with Gasteiger partial charge in [-0.2, -0.15) is 9.98 Å². The van der Waals surface area contributed by atoms with E-state index < -0.39 is 23.8 Å². The molecule has 0 radical (unpaired) electrons. The van der Waals surface area contributed by atoms with E-state index in [1.165, 1.54) is 0 Å². The SMILES string of the molecule is CCCc1c2[nH]c(c1CCC)N=c1[nH]c(c(CCC)c1CCC)=Nc1[nH]c(c(CCC)c1CCC)N=C1NC(=N2)C(=NC(=O)C(=O)OC)C1=NC(=O)C(=O)OC. The number of rotatable bonds is 12. The summed E-state index contributed by atoms with van der Waals surface area (Å²) in [6.07, 6.45) is 9.36. The number of aliphatic imine (C=N–C) groups is 4. The van der Waals surface area contributed by atoms with Crippen molar-refractivity contribution in [2.45, 2.75) is 119 Å². The first-order valence-electron chi connectivity index (χ1n) is 19.6. The van der Waals surface area contributed by atoms with Gasteiger partial charge in [-0.05, 0) is 38.5 Å². The molecule has 4 N–H and O–H groups in total. The van der Waals surface area contributed by atoms with Gasteiger partial charge < -0.3 is 29.7 Å². The summed E-state index contributed by atoms with van der Waals surface area (Å²) in [5.41, 5.74) is 6.88. The van der Waals surface area contributed by atoms with Gasteiger partial charge in [-0.15, -0.1) is 0 Å². The largest absolute Gasteiger partial charge is 0.462 e. The van der Waals surface area contributed by atoms with Gasteiger partial charge in [0.2, 0.25) is 0 Å². The Balaban J connectivity index is 2.01. The highest BCUT2D eigenvalue weighted by Crippen LogP contribution is 2.36. The predicted octanol–water partition coefficient (Wildman–Crippen LogP) is 5.25. The van der Waals surface area contributed by atoms with E-state index in [0.717, 1.165) is 110 Å². The molecular weight excluding hydrogens is 717 g/mol. The van der Waals surface area contributed by atoms with Crippen molar-refractivity contribution in [2.75, 3.05) is 14.2 Å². The molecule has 5 rings (SSSR count). The van der Waals surface area contributed by atoms with Crippen molar-refractivity contribution < 1.29 is 28.7 Å². The summed E-state index contributed by atoms with van der Waals surface area (Å²) in [5.74, 6) is -3.03. The molecular formula is C40H52N10O6. The fourth-order valence-electron chi connectivity index (χ4n) is 7.08. The number of nitrogens with zero attached hydrogens (tertiary/aromatic N) is 6. The minimum absolute atomic E-state index is 0.0425. The standard InChI is InChI=1S/C40H52N10O6/c1-9-15-21-22(16-10-2)30-43-29(21)44-31-23(17-11-3)25(19-13-5)33(46-31)48-35-27(41-37(51)39(53)55-7)28(42-38(52)40(54)56-8)36(50-35)49-34-26(20-14-6)24(18-12-4)32(45-30)47-34/h46-47H,9-20H2,1-8H3,(H,43,44,45)(H,48,49,50). The van der Waals surface area contributed by atoms with Gasteiger partial charge >= 0.3 is 23.8 Å². The number of ether oxygens (including phenoxy) is 2. The molecule has 2 amide bonds. The van der Waals surface area contributed by atoms with E-state index in [0.29, 0.717) is 49.0 Å². The summed E-state index contributed by atoms with van der Waals surface area (Å²) >= 11 is 0. The molecule has 0 unspecified atom stereocenters. The summed E-state index contributed by atoms with van der Waals surface area (Å²) in [6, 6.07) is 0. The van der Waals surface area contributed by atoms with Crippen molar-refractivity contribution in [1.29, 1.82) is 0 Å². The molecule has 2 aliphatic heterocycles. The molecule has 0 aromatic carbocycles. The van der Waals surface area contributed by atoms with Gasteiger partial charge in [0.25, 0.3) is 0 Å². The summed E-state index contributed by atoms with van der Waals surface area (Å²) in [5, 5.41) is 3.11. The van der Waals surface area contributed by atoms with E-state index in [2.05, 4.69) is 81.3 Å². The van der Waals surface area contributed by atoms with Crippen LogP contribution in [0.2, 0.25) is 0 Å². The number of fused-ring (bicyclic) bond motifs is 8. The quantitative estimate of drug-likeness (QED) is 0.142. The number of carbonyl (C=O) groups excluding carboxylic acids is 4. The third kappa shape index (κ3) is 8.53. The average molecular weight is 769 g/mol. The number of aromatic amines is 3. The first-order valence-corrected chi connectivity index (χ1v) is 19.6. The van der Waals surface area contributed by atoms with Gasteiger partial charge in [0.1, 0.15) is 45.7 Å². The molecule has 0 saturated carbocycles. The van der Waals surface area contributed by atoms with Crippen LogP contribution in [0.1, 0.15) is 113 Å². The number of nitrogens with one attached hydrogen (secondary N) is 4. The molecule has 3 aromatic heterocycles. The van der Waals surface area contributed by atoms with Crippen LogP contribution in [0.25, 0.3) is 0 Å². The van der Waals surface area contributed by atoms with E-state index in [1.807, 2.05) is 0 Å². The van der Waals surface area contributed by atoms with Crippen LogP contribution in [0.4, 0.5) is 23.3 Å². The second-order valence-electron chi connectivity index (χ2n) is 13.6. The van der Waals surface area contributed by atoms with E-state index in [9.17, 15) is 19.2 Å². The molecule has 3 aromatic rings. The zero-order valence-corrected chi connectivity index (χ0v) is 33.6. The minimum atomic E-state index is -1.28. The van der Waals surface area contributed by atoms with E-state index in [4.69, 9.17) is 20.0 Å². The first-order chi connectivity index (χ1) is 27.1.